The lowest BCUT2D eigenvalue weighted by Gasteiger charge is -2.08. The van der Waals surface area contributed by atoms with Gasteiger partial charge < -0.3 is 10.1 Å². The number of hydrogen-bond donors (Lipinski definition) is 1. The van der Waals surface area contributed by atoms with Gasteiger partial charge >= 0.3 is 6.09 Å². The smallest absolute Gasteiger partial charge is 0.407 e. The average molecular weight is 242 g/mol. The summed E-state index contributed by atoms with van der Waals surface area (Å²) in [6.07, 6.45) is -0.347. The minimum atomic E-state index is -0.347. The Hall–Kier alpha value is -1.03. The van der Waals surface area contributed by atoms with Crippen LogP contribution in [0.4, 0.5) is 4.79 Å². The first-order valence-corrected chi connectivity index (χ1v) is 4.74. The van der Waals surface area contributed by atoms with Crippen LogP contribution in [0.3, 0.4) is 0 Å². The zero-order valence-corrected chi connectivity index (χ0v) is 8.37. The quantitative estimate of drug-likeness (QED) is 0.819. The second kappa shape index (κ2) is 3.38. The molecule has 1 aromatic rings. The highest BCUT2D eigenvalue weighted by molar-refractivity contribution is 9.10. The van der Waals surface area contributed by atoms with Crippen molar-refractivity contribution in [2.24, 2.45) is 0 Å². The zero-order valence-electron chi connectivity index (χ0n) is 6.79. The van der Waals surface area contributed by atoms with Crippen LogP contribution in [0.5, 0.6) is 0 Å². The van der Waals surface area contributed by atoms with E-state index in [-0.39, 0.29) is 12.1 Å². The highest BCUT2D eigenvalue weighted by Gasteiger charge is 2.24. The Bertz CT molecular complexity index is 340. The maximum atomic E-state index is 10.8. The monoisotopic (exact) mass is 241 g/mol. The van der Waals surface area contributed by atoms with Crippen molar-refractivity contribution in [3.05, 3.63) is 34.3 Å². The van der Waals surface area contributed by atoms with Crippen LogP contribution in [0, 0.1) is 0 Å². The summed E-state index contributed by atoms with van der Waals surface area (Å²) in [4.78, 5) is 10.8. The average Bonchev–Trinajstić information content (AvgIpc) is 2.53. The van der Waals surface area contributed by atoms with Crippen LogP contribution >= 0.6 is 15.9 Å². The first-order chi connectivity index (χ1) is 6.27. The van der Waals surface area contributed by atoms with E-state index >= 15 is 0 Å². The van der Waals surface area contributed by atoms with Crippen molar-refractivity contribution >= 4 is 22.0 Å². The van der Waals surface area contributed by atoms with Gasteiger partial charge in [0.15, 0.2) is 0 Å². The Morgan fingerprint density at radius 1 is 1.46 bits per heavy atom. The number of rotatable bonds is 1. The van der Waals surface area contributed by atoms with E-state index in [0.717, 1.165) is 10.0 Å². The molecule has 0 saturated carbocycles. The highest BCUT2D eigenvalue weighted by atomic mass is 79.9. The molecule has 1 fully saturated rings. The van der Waals surface area contributed by atoms with E-state index in [2.05, 4.69) is 21.2 Å². The van der Waals surface area contributed by atoms with E-state index in [0.29, 0.717) is 6.61 Å². The number of amides is 1. The summed E-state index contributed by atoms with van der Waals surface area (Å²) in [5.41, 5.74) is 1.05. The molecule has 1 aliphatic rings. The number of alkyl carbamates (subject to hydrolysis) is 1. The van der Waals surface area contributed by atoms with Crippen molar-refractivity contribution < 1.29 is 9.53 Å². The van der Waals surface area contributed by atoms with Gasteiger partial charge in [0.25, 0.3) is 0 Å². The van der Waals surface area contributed by atoms with Crippen molar-refractivity contribution in [1.29, 1.82) is 0 Å². The summed E-state index contributed by atoms with van der Waals surface area (Å²) >= 11 is 3.42. The summed E-state index contributed by atoms with van der Waals surface area (Å²) in [5, 5.41) is 2.72. The topological polar surface area (TPSA) is 38.3 Å². The van der Waals surface area contributed by atoms with Gasteiger partial charge in [-0.3, -0.25) is 0 Å². The zero-order chi connectivity index (χ0) is 9.26. The van der Waals surface area contributed by atoms with E-state index in [1.807, 2.05) is 24.3 Å². The van der Waals surface area contributed by atoms with E-state index in [4.69, 9.17) is 4.74 Å². The van der Waals surface area contributed by atoms with Gasteiger partial charge in [0.05, 0.1) is 6.04 Å². The van der Waals surface area contributed by atoms with Crippen molar-refractivity contribution in [3.63, 3.8) is 0 Å². The molecule has 1 atom stereocenters. The van der Waals surface area contributed by atoms with Crippen molar-refractivity contribution in [3.8, 4) is 0 Å². The molecule has 1 heterocycles. The minimum absolute atomic E-state index is 0.0249. The standard InChI is InChI=1S/C9H8BrNO2/c10-7-4-2-1-3-6(7)8-5-13-9(12)11-8/h1-4,8H,5H2,(H,11,12). The predicted octanol–water partition coefficient (Wildman–Crippen LogP) is 2.23. The van der Waals surface area contributed by atoms with E-state index < -0.39 is 0 Å². The summed E-state index contributed by atoms with van der Waals surface area (Å²) in [6, 6.07) is 7.75. The lowest BCUT2D eigenvalue weighted by atomic mass is 10.1. The molecule has 4 heteroatoms. The maximum absolute atomic E-state index is 10.8. The fourth-order valence-electron chi connectivity index (χ4n) is 1.31. The lowest BCUT2D eigenvalue weighted by molar-refractivity contribution is 0.177. The van der Waals surface area contributed by atoms with Crippen LogP contribution in [-0.4, -0.2) is 12.7 Å². The van der Waals surface area contributed by atoms with Gasteiger partial charge in [-0.15, -0.1) is 0 Å². The van der Waals surface area contributed by atoms with Gasteiger partial charge in [-0.25, -0.2) is 4.79 Å². The minimum Gasteiger partial charge on any atom is -0.447 e. The Balaban J connectivity index is 2.26. The first-order valence-electron chi connectivity index (χ1n) is 3.95. The van der Waals surface area contributed by atoms with E-state index in [1.54, 1.807) is 0 Å². The molecule has 1 aromatic carbocycles. The molecular formula is C9H8BrNO2. The number of halogens is 1. The van der Waals surface area contributed by atoms with Crippen LogP contribution in [-0.2, 0) is 4.74 Å². The summed E-state index contributed by atoms with van der Waals surface area (Å²) in [7, 11) is 0. The fourth-order valence-corrected chi connectivity index (χ4v) is 1.87. The second-order valence-electron chi connectivity index (χ2n) is 2.82. The third kappa shape index (κ3) is 1.67. The highest BCUT2D eigenvalue weighted by Crippen LogP contribution is 2.25. The summed E-state index contributed by atoms with van der Waals surface area (Å²) in [5.74, 6) is 0. The van der Waals surface area contributed by atoms with Crippen LogP contribution < -0.4 is 5.32 Å². The molecule has 0 aliphatic carbocycles. The van der Waals surface area contributed by atoms with Gasteiger partial charge in [0, 0.05) is 4.47 Å². The number of benzene rings is 1. The number of hydrogen-bond acceptors (Lipinski definition) is 2. The van der Waals surface area contributed by atoms with Crippen LogP contribution in [0.25, 0.3) is 0 Å². The van der Waals surface area contributed by atoms with Crippen LogP contribution in [0.1, 0.15) is 11.6 Å². The number of carbonyl (C=O) groups is 1. The van der Waals surface area contributed by atoms with Gasteiger partial charge in [0.1, 0.15) is 6.61 Å². The molecule has 1 aliphatic heterocycles. The maximum Gasteiger partial charge on any atom is 0.407 e. The molecule has 0 spiro atoms. The molecule has 2 rings (SSSR count). The fraction of sp³-hybridized carbons (Fsp3) is 0.222. The molecule has 0 radical (unpaired) electrons. The first kappa shape index (κ1) is 8.56. The molecule has 1 unspecified atom stereocenters. The normalized spacial score (nSPS) is 21.0. The van der Waals surface area contributed by atoms with Gasteiger partial charge in [-0.2, -0.15) is 0 Å². The Labute approximate surface area is 84.2 Å². The number of carbonyl (C=O) groups excluding carboxylic acids is 1. The summed E-state index contributed by atoms with van der Waals surface area (Å²) < 4.78 is 5.80. The van der Waals surface area contributed by atoms with Crippen LogP contribution in [0.15, 0.2) is 28.7 Å². The molecule has 13 heavy (non-hydrogen) atoms. The molecule has 1 saturated heterocycles. The lowest BCUT2D eigenvalue weighted by Crippen LogP contribution is -2.18. The second-order valence-corrected chi connectivity index (χ2v) is 3.67. The van der Waals surface area contributed by atoms with E-state index in [9.17, 15) is 4.79 Å². The van der Waals surface area contributed by atoms with Crippen molar-refractivity contribution in [1.82, 2.24) is 5.32 Å². The third-order valence-corrected chi connectivity index (χ3v) is 2.68. The molecule has 1 amide bonds. The third-order valence-electron chi connectivity index (χ3n) is 1.95. The Morgan fingerprint density at radius 2 is 2.23 bits per heavy atom. The SMILES string of the molecule is O=C1NC(c2ccccc2Br)CO1. The molecule has 0 bridgehead atoms. The largest absolute Gasteiger partial charge is 0.447 e. The van der Waals surface area contributed by atoms with E-state index in [1.165, 1.54) is 0 Å². The Morgan fingerprint density at radius 3 is 2.85 bits per heavy atom. The number of ether oxygens (including phenoxy) is 1. The molecular weight excluding hydrogens is 234 g/mol. The van der Waals surface area contributed by atoms with Gasteiger partial charge in [-0.05, 0) is 11.6 Å². The van der Waals surface area contributed by atoms with Crippen molar-refractivity contribution in [2.75, 3.05) is 6.61 Å². The number of nitrogens with one attached hydrogen (secondary N) is 1. The predicted molar refractivity (Wildman–Crippen MR) is 51.4 cm³/mol. The molecule has 3 nitrogen and oxygen atoms in total. The molecule has 0 aromatic heterocycles. The Kier molecular flexibility index (Phi) is 2.22. The van der Waals surface area contributed by atoms with Crippen LogP contribution in [0.2, 0.25) is 0 Å². The number of cyclic esters (lactones) is 1. The molecule has 68 valence electrons. The molecule has 1 N–H and O–H groups in total. The van der Waals surface area contributed by atoms with Crippen molar-refractivity contribution in [2.45, 2.75) is 6.04 Å². The summed E-state index contributed by atoms with van der Waals surface area (Å²) in [6.45, 7) is 0.404. The van der Waals surface area contributed by atoms with Gasteiger partial charge in [-0.1, -0.05) is 34.1 Å². The van der Waals surface area contributed by atoms with Gasteiger partial charge in [0.2, 0.25) is 0 Å².